The minimum atomic E-state index is -4.57. The first kappa shape index (κ1) is 15.5. The van der Waals surface area contributed by atoms with Gasteiger partial charge in [0.2, 0.25) is 0 Å². The van der Waals surface area contributed by atoms with Crippen LogP contribution in [-0.4, -0.2) is 39.0 Å². The first-order chi connectivity index (χ1) is 8.50. The largest absolute Gasteiger partial charge is 0.433 e. The highest BCUT2D eigenvalue weighted by atomic mass is 32.2. The van der Waals surface area contributed by atoms with Crippen LogP contribution in [0, 0.1) is 0 Å². The maximum Gasteiger partial charge on any atom is 0.433 e. The summed E-state index contributed by atoms with van der Waals surface area (Å²) in [5.41, 5.74) is 4.65. The van der Waals surface area contributed by atoms with E-state index in [4.69, 9.17) is 5.73 Å². The second-order valence-electron chi connectivity index (χ2n) is 4.18. The number of halogens is 3. The lowest BCUT2D eigenvalue weighted by Gasteiger charge is -2.21. The first-order valence-electron chi connectivity index (χ1n) is 5.22. The number of hydrogen-bond acceptors (Lipinski definition) is 5. The van der Waals surface area contributed by atoms with E-state index in [1.54, 1.807) is 0 Å². The van der Waals surface area contributed by atoms with Crippen molar-refractivity contribution in [2.24, 2.45) is 0 Å². The molecule has 9 heteroatoms. The van der Waals surface area contributed by atoms with Crippen molar-refractivity contribution in [2.75, 3.05) is 36.2 Å². The molecule has 0 unspecified atom stereocenters. The van der Waals surface area contributed by atoms with Gasteiger partial charge in [-0.25, -0.2) is 13.4 Å². The Bertz CT molecular complexity index is 558. The Hall–Kier alpha value is -1.51. The number of nitrogens with two attached hydrogens (primary N) is 1. The number of anilines is 2. The van der Waals surface area contributed by atoms with Gasteiger partial charge in [0.15, 0.2) is 0 Å². The number of rotatable bonds is 4. The zero-order valence-corrected chi connectivity index (χ0v) is 11.2. The van der Waals surface area contributed by atoms with Crippen LogP contribution in [0.2, 0.25) is 0 Å². The molecule has 0 aliphatic carbocycles. The zero-order valence-electron chi connectivity index (χ0n) is 10.4. The Labute approximate surface area is 109 Å². The van der Waals surface area contributed by atoms with Gasteiger partial charge in [-0.15, -0.1) is 0 Å². The topological polar surface area (TPSA) is 76.3 Å². The Morgan fingerprint density at radius 2 is 2.00 bits per heavy atom. The van der Waals surface area contributed by atoms with Crippen molar-refractivity contribution in [2.45, 2.75) is 6.18 Å². The number of hydrogen-bond donors (Lipinski definition) is 1. The Kier molecular flexibility index (Phi) is 4.28. The number of aromatic nitrogens is 1. The zero-order chi connectivity index (χ0) is 14.8. The highest BCUT2D eigenvalue weighted by Crippen LogP contribution is 2.32. The fraction of sp³-hybridized carbons (Fsp3) is 0.500. The smallest absolute Gasteiger partial charge is 0.396 e. The van der Waals surface area contributed by atoms with E-state index in [2.05, 4.69) is 4.98 Å². The lowest BCUT2D eigenvalue weighted by Crippen LogP contribution is -2.26. The van der Waals surface area contributed by atoms with E-state index in [9.17, 15) is 21.6 Å². The number of nitrogen functional groups attached to an aromatic ring is 1. The molecule has 0 aromatic carbocycles. The fourth-order valence-electron chi connectivity index (χ4n) is 1.36. The van der Waals surface area contributed by atoms with E-state index in [0.29, 0.717) is 0 Å². The average molecular weight is 297 g/mol. The Balaban J connectivity index is 2.99. The van der Waals surface area contributed by atoms with Crippen molar-refractivity contribution in [1.29, 1.82) is 0 Å². The highest BCUT2D eigenvalue weighted by Gasteiger charge is 2.33. The SMILES string of the molecule is CN(CCS(C)(=O)=O)c1cc(C(F)(F)F)ncc1N. The summed E-state index contributed by atoms with van der Waals surface area (Å²) in [6.45, 7) is 0.0460. The maximum absolute atomic E-state index is 12.5. The molecule has 19 heavy (non-hydrogen) atoms. The molecule has 0 amide bonds. The molecule has 108 valence electrons. The quantitative estimate of drug-likeness (QED) is 0.902. The van der Waals surface area contributed by atoms with Crippen molar-refractivity contribution in [1.82, 2.24) is 4.98 Å². The third-order valence-corrected chi connectivity index (χ3v) is 3.34. The van der Waals surface area contributed by atoms with Crippen LogP contribution in [0.15, 0.2) is 12.3 Å². The summed E-state index contributed by atoms with van der Waals surface area (Å²) >= 11 is 0. The number of alkyl halides is 3. The molecule has 0 radical (unpaired) electrons. The third-order valence-electron chi connectivity index (χ3n) is 2.41. The van der Waals surface area contributed by atoms with Crippen LogP contribution in [0.1, 0.15) is 5.69 Å². The van der Waals surface area contributed by atoms with Gasteiger partial charge in [-0.3, -0.25) is 0 Å². The van der Waals surface area contributed by atoms with E-state index in [1.807, 2.05) is 0 Å². The molecule has 0 fully saturated rings. The molecule has 0 aliphatic heterocycles. The molecule has 1 rings (SSSR count). The number of pyridine rings is 1. The summed E-state index contributed by atoms with van der Waals surface area (Å²) in [7, 11) is -1.73. The van der Waals surface area contributed by atoms with Crippen molar-refractivity contribution in [3.05, 3.63) is 18.0 Å². The van der Waals surface area contributed by atoms with Gasteiger partial charge in [0.25, 0.3) is 0 Å². The van der Waals surface area contributed by atoms with Crippen molar-refractivity contribution in [3.8, 4) is 0 Å². The van der Waals surface area contributed by atoms with Crippen molar-refractivity contribution in [3.63, 3.8) is 0 Å². The van der Waals surface area contributed by atoms with Crippen LogP contribution in [0.4, 0.5) is 24.5 Å². The van der Waals surface area contributed by atoms with E-state index in [-0.39, 0.29) is 23.7 Å². The van der Waals surface area contributed by atoms with Gasteiger partial charge in [-0.1, -0.05) is 0 Å². The summed E-state index contributed by atoms with van der Waals surface area (Å²) in [6.07, 6.45) is -2.60. The van der Waals surface area contributed by atoms with Crippen LogP contribution < -0.4 is 10.6 Å². The summed E-state index contributed by atoms with van der Waals surface area (Å²) < 4.78 is 59.6. The number of sulfone groups is 1. The molecule has 0 saturated carbocycles. The van der Waals surface area contributed by atoms with Gasteiger partial charge in [0, 0.05) is 19.8 Å². The van der Waals surface area contributed by atoms with Gasteiger partial charge in [0.05, 0.1) is 23.3 Å². The summed E-state index contributed by atoms with van der Waals surface area (Å²) in [4.78, 5) is 4.56. The molecule has 0 bridgehead atoms. The summed E-state index contributed by atoms with van der Waals surface area (Å²) in [6, 6.07) is 0.803. The van der Waals surface area contributed by atoms with Gasteiger partial charge in [-0.2, -0.15) is 13.2 Å². The standard InChI is InChI=1S/C10H14F3N3O2S/c1-16(3-4-19(2,17)18)8-5-9(10(11,12)13)15-6-7(8)14/h5-6H,3-4,14H2,1-2H3. The maximum atomic E-state index is 12.5. The molecular formula is C10H14F3N3O2S. The molecule has 5 nitrogen and oxygen atoms in total. The molecule has 1 aromatic heterocycles. The molecule has 2 N–H and O–H groups in total. The van der Waals surface area contributed by atoms with Crippen molar-refractivity contribution >= 4 is 21.2 Å². The monoisotopic (exact) mass is 297 g/mol. The predicted molar refractivity (Wildman–Crippen MR) is 66.6 cm³/mol. The Morgan fingerprint density at radius 3 is 2.47 bits per heavy atom. The third kappa shape index (κ3) is 4.58. The molecule has 1 heterocycles. The number of nitrogens with zero attached hydrogens (tertiary/aromatic N) is 2. The minimum Gasteiger partial charge on any atom is -0.396 e. The van der Waals surface area contributed by atoms with E-state index >= 15 is 0 Å². The van der Waals surface area contributed by atoms with Crippen molar-refractivity contribution < 1.29 is 21.6 Å². The van der Waals surface area contributed by atoms with Gasteiger partial charge in [-0.05, 0) is 6.07 Å². The van der Waals surface area contributed by atoms with Crippen LogP contribution >= 0.6 is 0 Å². The van der Waals surface area contributed by atoms with E-state index in [0.717, 1.165) is 18.5 Å². The van der Waals surface area contributed by atoms with Gasteiger partial charge < -0.3 is 10.6 Å². The molecule has 0 atom stereocenters. The molecule has 0 saturated heterocycles. The highest BCUT2D eigenvalue weighted by molar-refractivity contribution is 7.90. The normalized spacial score (nSPS) is 12.5. The van der Waals surface area contributed by atoms with Gasteiger partial charge >= 0.3 is 6.18 Å². The Morgan fingerprint density at radius 1 is 1.42 bits per heavy atom. The van der Waals surface area contributed by atoms with Crippen LogP contribution in [0.3, 0.4) is 0 Å². The summed E-state index contributed by atoms with van der Waals surface area (Å²) in [5.74, 6) is -0.174. The van der Waals surface area contributed by atoms with Crippen LogP contribution in [0.5, 0.6) is 0 Å². The van der Waals surface area contributed by atoms with E-state index in [1.165, 1.54) is 11.9 Å². The minimum absolute atomic E-state index is 0.0460. The lowest BCUT2D eigenvalue weighted by molar-refractivity contribution is -0.141. The van der Waals surface area contributed by atoms with Crippen LogP contribution in [-0.2, 0) is 16.0 Å². The second-order valence-corrected chi connectivity index (χ2v) is 6.44. The van der Waals surface area contributed by atoms with E-state index < -0.39 is 21.7 Å². The van der Waals surface area contributed by atoms with Gasteiger partial charge in [0.1, 0.15) is 15.5 Å². The molecular weight excluding hydrogens is 283 g/mol. The van der Waals surface area contributed by atoms with Crippen LogP contribution in [0.25, 0.3) is 0 Å². The lowest BCUT2D eigenvalue weighted by atomic mass is 10.2. The molecule has 1 aromatic rings. The summed E-state index contributed by atoms with van der Waals surface area (Å²) in [5, 5.41) is 0. The predicted octanol–water partition coefficient (Wildman–Crippen LogP) is 1.16. The fourth-order valence-corrected chi connectivity index (χ4v) is 1.97. The average Bonchev–Trinajstić information content (AvgIpc) is 2.24. The first-order valence-corrected chi connectivity index (χ1v) is 7.28. The second kappa shape index (κ2) is 5.24. The molecule has 0 aliphatic rings. The molecule has 0 spiro atoms.